The zero-order valence-electron chi connectivity index (χ0n) is 16.2. The Morgan fingerprint density at radius 2 is 1.87 bits per heavy atom. The molecule has 160 valence electrons. The van der Waals surface area contributed by atoms with Crippen LogP contribution in [0.4, 0.5) is 23.4 Å². The van der Waals surface area contributed by atoms with Gasteiger partial charge in [-0.05, 0) is 49.1 Å². The Kier molecular flexibility index (Phi) is 5.56. The van der Waals surface area contributed by atoms with Crippen molar-refractivity contribution < 1.29 is 17.6 Å². The molecule has 11 heteroatoms. The lowest BCUT2D eigenvalue weighted by atomic mass is 10.00. The highest BCUT2D eigenvalue weighted by atomic mass is 19.4. The van der Waals surface area contributed by atoms with Gasteiger partial charge in [-0.3, -0.25) is 10.9 Å². The SMILES string of the molecule is CN(CCCC1CC(c2ccc(F)cc2)NN1)c1ccc2nnc(C(F)(F)F)n2n1. The maximum Gasteiger partial charge on any atom is 0.453 e. The van der Waals surface area contributed by atoms with Gasteiger partial charge in [0.1, 0.15) is 11.6 Å². The normalized spacial score (nSPS) is 19.5. The fourth-order valence-electron chi connectivity index (χ4n) is 3.57. The molecule has 2 N–H and O–H groups in total. The first-order valence-corrected chi connectivity index (χ1v) is 9.58. The maximum absolute atomic E-state index is 13.1. The quantitative estimate of drug-likeness (QED) is 0.594. The number of nitrogens with one attached hydrogen (secondary N) is 2. The van der Waals surface area contributed by atoms with Crippen LogP contribution in [0.5, 0.6) is 0 Å². The first-order valence-electron chi connectivity index (χ1n) is 9.58. The van der Waals surface area contributed by atoms with Crippen molar-refractivity contribution in [1.82, 2.24) is 30.7 Å². The number of aromatic nitrogens is 4. The molecule has 1 saturated heterocycles. The Hall–Kier alpha value is -2.79. The smallest absolute Gasteiger partial charge is 0.358 e. The molecule has 30 heavy (non-hydrogen) atoms. The maximum atomic E-state index is 13.1. The van der Waals surface area contributed by atoms with Gasteiger partial charge in [0, 0.05) is 25.7 Å². The lowest BCUT2D eigenvalue weighted by Gasteiger charge is -2.19. The van der Waals surface area contributed by atoms with Crippen LogP contribution in [0.15, 0.2) is 36.4 Å². The van der Waals surface area contributed by atoms with Crippen LogP contribution in [-0.2, 0) is 6.18 Å². The van der Waals surface area contributed by atoms with Gasteiger partial charge < -0.3 is 4.90 Å². The van der Waals surface area contributed by atoms with Crippen molar-refractivity contribution in [2.24, 2.45) is 0 Å². The summed E-state index contributed by atoms with van der Waals surface area (Å²) in [5.41, 5.74) is 7.55. The lowest BCUT2D eigenvalue weighted by molar-refractivity contribution is -0.146. The number of anilines is 1. The number of hydrazine groups is 1. The van der Waals surface area contributed by atoms with E-state index in [4.69, 9.17) is 0 Å². The van der Waals surface area contributed by atoms with Crippen molar-refractivity contribution in [3.05, 3.63) is 53.6 Å². The Bertz CT molecular complexity index is 1000. The van der Waals surface area contributed by atoms with Gasteiger partial charge in [-0.25, -0.2) is 4.39 Å². The second-order valence-corrected chi connectivity index (χ2v) is 7.37. The summed E-state index contributed by atoms with van der Waals surface area (Å²) in [7, 11) is 1.79. The molecule has 2 atom stereocenters. The number of halogens is 4. The highest BCUT2D eigenvalue weighted by molar-refractivity contribution is 5.45. The molecule has 1 aliphatic heterocycles. The third-order valence-corrected chi connectivity index (χ3v) is 5.19. The number of hydrogen-bond donors (Lipinski definition) is 2. The predicted molar refractivity (Wildman–Crippen MR) is 102 cm³/mol. The van der Waals surface area contributed by atoms with Gasteiger partial charge in [0.25, 0.3) is 5.82 Å². The monoisotopic (exact) mass is 423 g/mol. The van der Waals surface area contributed by atoms with E-state index in [2.05, 4.69) is 26.1 Å². The van der Waals surface area contributed by atoms with E-state index in [0.717, 1.165) is 29.3 Å². The molecule has 7 nitrogen and oxygen atoms in total. The fourth-order valence-corrected chi connectivity index (χ4v) is 3.57. The summed E-state index contributed by atoms with van der Waals surface area (Å²) in [5, 5.41) is 10.8. The topological polar surface area (TPSA) is 70.4 Å². The number of fused-ring (bicyclic) bond motifs is 1. The summed E-state index contributed by atoms with van der Waals surface area (Å²) < 4.78 is 52.9. The minimum absolute atomic E-state index is 0.0486. The number of hydrogen-bond acceptors (Lipinski definition) is 6. The first kappa shape index (κ1) is 20.5. The van der Waals surface area contributed by atoms with Crippen molar-refractivity contribution >= 4 is 11.5 Å². The van der Waals surface area contributed by atoms with Crippen molar-refractivity contribution in [2.45, 2.75) is 37.5 Å². The molecule has 1 aliphatic rings. The number of nitrogens with zero attached hydrogens (tertiary/aromatic N) is 5. The van der Waals surface area contributed by atoms with Gasteiger partial charge in [0.05, 0.1) is 0 Å². The molecule has 0 radical (unpaired) electrons. The molecule has 3 heterocycles. The number of rotatable bonds is 6. The molecule has 1 fully saturated rings. The molecule has 0 bridgehead atoms. The van der Waals surface area contributed by atoms with Crippen LogP contribution < -0.4 is 15.8 Å². The third kappa shape index (κ3) is 4.36. The van der Waals surface area contributed by atoms with Crippen molar-refractivity contribution in [3.8, 4) is 0 Å². The van der Waals surface area contributed by atoms with Crippen molar-refractivity contribution in [1.29, 1.82) is 0 Å². The lowest BCUT2D eigenvalue weighted by Crippen LogP contribution is -2.31. The Morgan fingerprint density at radius 1 is 1.10 bits per heavy atom. The third-order valence-electron chi connectivity index (χ3n) is 5.19. The van der Waals surface area contributed by atoms with E-state index in [1.54, 1.807) is 30.1 Å². The molecule has 2 aromatic heterocycles. The molecule has 0 amide bonds. The van der Waals surface area contributed by atoms with Crippen molar-refractivity contribution in [2.75, 3.05) is 18.5 Å². The first-order chi connectivity index (χ1) is 14.3. The summed E-state index contributed by atoms with van der Waals surface area (Å²) >= 11 is 0. The van der Waals surface area contributed by atoms with E-state index in [1.807, 2.05) is 0 Å². The molecule has 1 aromatic carbocycles. The molecule has 0 saturated carbocycles. The Labute approximate surface area is 170 Å². The summed E-state index contributed by atoms with van der Waals surface area (Å²) in [4.78, 5) is 1.80. The van der Waals surface area contributed by atoms with Crippen LogP contribution in [0.2, 0.25) is 0 Å². The van der Waals surface area contributed by atoms with Crippen molar-refractivity contribution in [3.63, 3.8) is 0 Å². The molecule has 0 aliphatic carbocycles. The molecule has 0 spiro atoms. The number of benzene rings is 1. The summed E-state index contributed by atoms with van der Waals surface area (Å²) in [6.07, 6.45) is -2.06. The highest BCUT2D eigenvalue weighted by Gasteiger charge is 2.37. The zero-order valence-corrected chi connectivity index (χ0v) is 16.2. The predicted octanol–water partition coefficient (Wildman–Crippen LogP) is 3.11. The summed E-state index contributed by atoms with van der Waals surface area (Å²) in [6, 6.07) is 9.90. The van der Waals surface area contributed by atoms with Crippen LogP contribution in [0.1, 0.15) is 36.7 Å². The Balaban J connectivity index is 1.32. The second-order valence-electron chi connectivity index (χ2n) is 7.37. The molecule has 4 rings (SSSR count). The van der Waals surface area contributed by atoms with E-state index in [0.29, 0.717) is 12.4 Å². The van der Waals surface area contributed by atoms with E-state index in [1.165, 1.54) is 18.2 Å². The average molecular weight is 423 g/mol. The van der Waals surface area contributed by atoms with Crippen LogP contribution in [0.3, 0.4) is 0 Å². The van der Waals surface area contributed by atoms with E-state index in [-0.39, 0.29) is 23.5 Å². The second kappa shape index (κ2) is 8.15. The van der Waals surface area contributed by atoms with E-state index < -0.39 is 12.0 Å². The van der Waals surface area contributed by atoms with Gasteiger partial charge in [-0.2, -0.15) is 17.7 Å². The van der Waals surface area contributed by atoms with Gasteiger partial charge in [-0.15, -0.1) is 15.3 Å². The molecule has 3 aromatic rings. The van der Waals surface area contributed by atoms with Crippen LogP contribution in [0, 0.1) is 5.82 Å². The minimum atomic E-state index is -4.62. The molecular formula is C19H21F4N7. The van der Waals surface area contributed by atoms with Gasteiger partial charge in [0.2, 0.25) is 0 Å². The van der Waals surface area contributed by atoms with Crippen LogP contribution >= 0.6 is 0 Å². The highest BCUT2D eigenvalue weighted by Crippen LogP contribution is 2.28. The molecular weight excluding hydrogens is 402 g/mol. The molecule has 2 unspecified atom stereocenters. The summed E-state index contributed by atoms with van der Waals surface area (Å²) in [6.45, 7) is 0.626. The van der Waals surface area contributed by atoms with Crippen LogP contribution in [-0.4, -0.2) is 39.4 Å². The van der Waals surface area contributed by atoms with Gasteiger partial charge in [0.15, 0.2) is 5.65 Å². The van der Waals surface area contributed by atoms with E-state index >= 15 is 0 Å². The van der Waals surface area contributed by atoms with E-state index in [9.17, 15) is 17.6 Å². The number of alkyl halides is 3. The van der Waals surface area contributed by atoms with Crippen LogP contribution in [0.25, 0.3) is 5.65 Å². The Morgan fingerprint density at radius 3 is 2.60 bits per heavy atom. The van der Waals surface area contributed by atoms with Gasteiger partial charge in [-0.1, -0.05) is 12.1 Å². The largest absolute Gasteiger partial charge is 0.453 e. The minimum Gasteiger partial charge on any atom is -0.358 e. The standard InChI is InChI=1S/C19H21F4N7/c1-29(17-9-8-16-26-27-18(19(21,22)23)30(16)28-17)10-2-3-14-11-15(25-24-14)12-4-6-13(20)7-5-12/h4-9,14-15,24-25H,2-3,10-11H2,1H3. The summed E-state index contributed by atoms with van der Waals surface area (Å²) in [5.74, 6) is -0.986. The fraction of sp³-hybridized carbons (Fsp3) is 0.421. The van der Waals surface area contributed by atoms with Gasteiger partial charge >= 0.3 is 6.18 Å². The zero-order chi connectivity index (χ0) is 21.3. The average Bonchev–Trinajstić information content (AvgIpc) is 3.34.